The van der Waals surface area contributed by atoms with Gasteiger partial charge >= 0.3 is 0 Å². The van der Waals surface area contributed by atoms with Crippen molar-refractivity contribution in [3.8, 4) is 11.4 Å². The Labute approximate surface area is 141 Å². The minimum Gasteiger partial charge on any atom is -0.339 e. The number of aryl methyl sites for hydroxylation is 2. The number of carbonyl (C=O) groups excluding carboxylic acids is 1. The van der Waals surface area contributed by atoms with E-state index < -0.39 is 0 Å². The Morgan fingerprint density at radius 3 is 2.71 bits per heavy atom. The summed E-state index contributed by atoms with van der Waals surface area (Å²) < 4.78 is 1.92. The van der Waals surface area contributed by atoms with Crippen LogP contribution in [0.4, 0.5) is 0 Å². The fourth-order valence-electron chi connectivity index (χ4n) is 2.86. The molecule has 0 spiro atoms. The number of fused-ring (bicyclic) bond motifs is 1. The van der Waals surface area contributed by atoms with Gasteiger partial charge in [-0.15, -0.1) is 0 Å². The summed E-state index contributed by atoms with van der Waals surface area (Å²) in [6.07, 6.45) is 5.13. The van der Waals surface area contributed by atoms with Gasteiger partial charge in [0.05, 0.1) is 5.56 Å². The first-order valence-electron chi connectivity index (χ1n) is 8.09. The molecule has 6 heteroatoms. The van der Waals surface area contributed by atoms with Crippen LogP contribution in [0, 0.1) is 6.92 Å². The van der Waals surface area contributed by atoms with Gasteiger partial charge in [0, 0.05) is 44.3 Å². The molecule has 0 saturated carbocycles. The maximum atomic E-state index is 12.8. The molecule has 0 aliphatic carbocycles. The van der Waals surface area contributed by atoms with E-state index in [0.717, 1.165) is 28.1 Å². The topological polar surface area (TPSA) is 63.9 Å². The van der Waals surface area contributed by atoms with Crippen molar-refractivity contribution in [1.82, 2.24) is 24.4 Å². The predicted molar refractivity (Wildman–Crippen MR) is 93.7 cm³/mol. The Hall–Kier alpha value is -2.76. The van der Waals surface area contributed by atoms with Gasteiger partial charge in [-0.1, -0.05) is 0 Å². The smallest absolute Gasteiger partial charge is 0.256 e. The first kappa shape index (κ1) is 16.1. The highest BCUT2D eigenvalue weighted by Crippen LogP contribution is 2.26. The lowest BCUT2D eigenvalue weighted by atomic mass is 10.1. The zero-order valence-electron chi connectivity index (χ0n) is 14.4. The van der Waals surface area contributed by atoms with E-state index >= 15 is 0 Å². The molecule has 6 nitrogen and oxygen atoms in total. The molecule has 0 saturated heterocycles. The predicted octanol–water partition coefficient (Wildman–Crippen LogP) is 2.82. The van der Waals surface area contributed by atoms with Crippen LogP contribution in [0.25, 0.3) is 22.6 Å². The van der Waals surface area contributed by atoms with Crippen LogP contribution >= 0.6 is 0 Å². The van der Waals surface area contributed by atoms with E-state index in [4.69, 9.17) is 4.98 Å². The summed E-state index contributed by atoms with van der Waals surface area (Å²) in [5.74, 6) is 0.695. The number of nitrogens with zero attached hydrogens (tertiary/aromatic N) is 5. The second-order valence-electron chi connectivity index (χ2n) is 5.75. The maximum absolute atomic E-state index is 12.8. The van der Waals surface area contributed by atoms with Gasteiger partial charge in [-0.2, -0.15) is 0 Å². The van der Waals surface area contributed by atoms with E-state index in [-0.39, 0.29) is 5.91 Å². The average Bonchev–Trinajstić information content (AvgIpc) is 2.91. The van der Waals surface area contributed by atoms with Crippen molar-refractivity contribution in [2.24, 2.45) is 7.05 Å². The SMILES string of the molecule is CCN(CC)C(=O)c1cnccc1-c1nc2cc(C)cnc2n1C. The van der Waals surface area contributed by atoms with Gasteiger partial charge in [0.25, 0.3) is 5.91 Å². The van der Waals surface area contributed by atoms with Gasteiger partial charge in [-0.3, -0.25) is 9.78 Å². The molecule has 0 radical (unpaired) electrons. The molecule has 1 amide bonds. The van der Waals surface area contributed by atoms with Gasteiger partial charge in [0.15, 0.2) is 5.65 Å². The van der Waals surface area contributed by atoms with E-state index in [9.17, 15) is 4.79 Å². The lowest BCUT2D eigenvalue weighted by Crippen LogP contribution is -2.31. The van der Waals surface area contributed by atoms with Crippen LogP contribution in [0.15, 0.2) is 30.7 Å². The number of hydrogen-bond acceptors (Lipinski definition) is 4. The minimum atomic E-state index is -0.0284. The zero-order chi connectivity index (χ0) is 17.3. The van der Waals surface area contributed by atoms with Gasteiger partial charge in [-0.05, 0) is 38.5 Å². The van der Waals surface area contributed by atoms with Crippen molar-refractivity contribution in [1.29, 1.82) is 0 Å². The molecule has 0 N–H and O–H groups in total. The van der Waals surface area contributed by atoms with Crippen LogP contribution in [-0.2, 0) is 7.05 Å². The Kier molecular flexibility index (Phi) is 4.29. The molecule has 24 heavy (non-hydrogen) atoms. The lowest BCUT2D eigenvalue weighted by Gasteiger charge is -2.19. The van der Waals surface area contributed by atoms with Gasteiger partial charge in [0.1, 0.15) is 11.3 Å². The quantitative estimate of drug-likeness (QED) is 0.740. The number of carbonyl (C=O) groups is 1. The molecular formula is C18H21N5O. The van der Waals surface area contributed by atoms with E-state index in [1.165, 1.54) is 0 Å². The molecular weight excluding hydrogens is 302 g/mol. The average molecular weight is 323 g/mol. The fourth-order valence-corrected chi connectivity index (χ4v) is 2.86. The minimum absolute atomic E-state index is 0.0284. The molecule has 3 rings (SSSR count). The monoisotopic (exact) mass is 323 g/mol. The number of imidazole rings is 1. The highest BCUT2D eigenvalue weighted by Gasteiger charge is 2.21. The van der Waals surface area contributed by atoms with E-state index in [2.05, 4.69) is 9.97 Å². The summed E-state index contributed by atoms with van der Waals surface area (Å²) in [6.45, 7) is 7.25. The summed E-state index contributed by atoms with van der Waals surface area (Å²) in [6, 6.07) is 3.84. The Bertz CT molecular complexity index is 896. The standard InChI is InChI=1S/C18H21N5O/c1-5-23(6-2)18(24)14-11-19-8-7-13(14)16-21-15-9-12(3)10-20-17(15)22(16)4/h7-11H,5-6H2,1-4H3. The second kappa shape index (κ2) is 6.39. The highest BCUT2D eigenvalue weighted by molar-refractivity contribution is 6.00. The first-order valence-corrected chi connectivity index (χ1v) is 8.09. The van der Waals surface area contributed by atoms with Crippen molar-refractivity contribution >= 4 is 17.1 Å². The van der Waals surface area contributed by atoms with Crippen molar-refractivity contribution in [2.75, 3.05) is 13.1 Å². The second-order valence-corrected chi connectivity index (χ2v) is 5.75. The zero-order valence-corrected chi connectivity index (χ0v) is 14.4. The normalized spacial score (nSPS) is 11.0. The molecule has 0 unspecified atom stereocenters. The molecule has 124 valence electrons. The van der Waals surface area contributed by atoms with Gasteiger partial charge in [-0.25, -0.2) is 9.97 Å². The number of amides is 1. The van der Waals surface area contributed by atoms with E-state index in [0.29, 0.717) is 18.7 Å². The maximum Gasteiger partial charge on any atom is 0.256 e. The summed E-state index contributed by atoms with van der Waals surface area (Å²) in [7, 11) is 1.92. The third-order valence-electron chi connectivity index (χ3n) is 4.19. The molecule has 3 aromatic rings. The molecule has 0 aliphatic rings. The third-order valence-corrected chi connectivity index (χ3v) is 4.19. The number of aromatic nitrogens is 4. The van der Waals surface area contributed by atoms with Crippen molar-refractivity contribution in [2.45, 2.75) is 20.8 Å². The van der Waals surface area contributed by atoms with Crippen LogP contribution < -0.4 is 0 Å². The number of rotatable bonds is 4. The van der Waals surface area contributed by atoms with Crippen LogP contribution in [-0.4, -0.2) is 43.4 Å². The lowest BCUT2D eigenvalue weighted by molar-refractivity contribution is 0.0773. The van der Waals surface area contributed by atoms with Gasteiger partial charge < -0.3 is 9.47 Å². The first-order chi connectivity index (χ1) is 11.6. The summed E-state index contributed by atoms with van der Waals surface area (Å²) in [5.41, 5.74) is 4.02. The Morgan fingerprint density at radius 1 is 1.25 bits per heavy atom. The van der Waals surface area contributed by atoms with Gasteiger partial charge in [0.2, 0.25) is 0 Å². The molecule has 0 aliphatic heterocycles. The van der Waals surface area contributed by atoms with E-state index in [1.54, 1.807) is 17.3 Å². The van der Waals surface area contributed by atoms with Crippen LogP contribution in [0.5, 0.6) is 0 Å². The third kappa shape index (κ3) is 2.64. The molecule has 0 atom stereocenters. The van der Waals surface area contributed by atoms with Crippen molar-refractivity contribution in [3.05, 3.63) is 41.9 Å². The summed E-state index contributed by atoms with van der Waals surface area (Å²) in [5, 5.41) is 0. The number of pyridine rings is 2. The van der Waals surface area contributed by atoms with Crippen LogP contribution in [0.3, 0.4) is 0 Å². The number of hydrogen-bond donors (Lipinski definition) is 0. The van der Waals surface area contributed by atoms with E-state index in [1.807, 2.05) is 50.7 Å². The molecule has 3 heterocycles. The van der Waals surface area contributed by atoms with Crippen LogP contribution in [0.1, 0.15) is 29.8 Å². The Morgan fingerprint density at radius 2 is 2.00 bits per heavy atom. The molecule has 0 fully saturated rings. The summed E-state index contributed by atoms with van der Waals surface area (Å²) >= 11 is 0. The van der Waals surface area contributed by atoms with Crippen LogP contribution in [0.2, 0.25) is 0 Å². The molecule has 0 bridgehead atoms. The fraction of sp³-hybridized carbons (Fsp3) is 0.333. The highest BCUT2D eigenvalue weighted by atomic mass is 16.2. The van der Waals surface area contributed by atoms with Crippen molar-refractivity contribution in [3.63, 3.8) is 0 Å². The van der Waals surface area contributed by atoms with Crippen molar-refractivity contribution < 1.29 is 4.79 Å². The largest absolute Gasteiger partial charge is 0.339 e. The summed E-state index contributed by atoms with van der Waals surface area (Å²) in [4.78, 5) is 27.9. The Balaban J connectivity index is 2.17. The molecule has 0 aromatic carbocycles. The molecule has 3 aromatic heterocycles.